The second-order valence-corrected chi connectivity index (χ2v) is 6.50. The minimum atomic E-state index is -0.413. The molecule has 0 unspecified atom stereocenters. The smallest absolute Gasteiger partial charge is 0.237 e. The van der Waals surface area contributed by atoms with E-state index in [1.807, 2.05) is 36.4 Å². The molecule has 2 atom stereocenters. The summed E-state index contributed by atoms with van der Waals surface area (Å²) < 4.78 is 0. The van der Waals surface area contributed by atoms with Crippen molar-refractivity contribution in [3.05, 3.63) is 71.8 Å². The van der Waals surface area contributed by atoms with Crippen LogP contribution in [0.15, 0.2) is 60.7 Å². The van der Waals surface area contributed by atoms with Crippen molar-refractivity contribution in [1.29, 1.82) is 0 Å². The van der Waals surface area contributed by atoms with Crippen LogP contribution in [-0.2, 0) is 16.8 Å². The molecule has 23 heavy (non-hydrogen) atoms. The van der Waals surface area contributed by atoms with E-state index in [0.717, 1.165) is 31.4 Å². The normalized spacial score (nSPS) is 20.0. The summed E-state index contributed by atoms with van der Waals surface area (Å²) in [5.41, 5.74) is 1.94. The van der Waals surface area contributed by atoms with Gasteiger partial charge < -0.3 is 10.6 Å². The maximum atomic E-state index is 12.7. The Kier molecular flexibility index (Phi) is 4.77. The first-order valence-electron chi connectivity index (χ1n) is 8.32. The second kappa shape index (κ2) is 6.97. The third kappa shape index (κ3) is 3.80. The number of hydrogen-bond donors (Lipinski definition) is 2. The molecule has 0 aromatic heterocycles. The highest BCUT2D eigenvalue weighted by molar-refractivity contribution is 5.83. The molecule has 0 aliphatic carbocycles. The van der Waals surface area contributed by atoms with Gasteiger partial charge in [0.05, 0.1) is 11.6 Å². The zero-order valence-electron chi connectivity index (χ0n) is 13.6. The number of hydrogen-bond acceptors (Lipinski definition) is 2. The Morgan fingerprint density at radius 2 is 1.78 bits per heavy atom. The van der Waals surface area contributed by atoms with Gasteiger partial charge in [-0.2, -0.15) is 0 Å². The van der Waals surface area contributed by atoms with Crippen LogP contribution in [0.1, 0.15) is 30.9 Å². The number of benzene rings is 2. The molecular weight excluding hydrogens is 284 g/mol. The summed E-state index contributed by atoms with van der Waals surface area (Å²) in [6, 6.07) is 20.5. The molecule has 3 rings (SSSR count). The molecule has 2 aromatic rings. The Morgan fingerprint density at radius 1 is 1.13 bits per heavy atom. The zero-order chi connectivity index (χ0) is 16.1. The topological polar surface area (TPSA) is 41.1 Å². The molecule has 0 radical (unpaired) electrons. The van der Waals surface area contributed by atoms with Crippen LogP contribution in [0.3, 0.4) is 0 Å². The van der Waals surface area contributed by atoms with Gasteiger partial charge in [0.15, 0.2) is 0 Å². The lowest BCUT2D eigenvalue weighted by atomic mass is 9.85. The monoisotopic (exact) mass is 308 g/mol. The first-order chi connectivity index (χ1) is 11.2. The largest absolute Gasteiger partial charge is 0.345 e. The minimum Gasteiger partial charge on any atom is -0.345 e. The molecule has 120 valence electrons. The molecular formula is C20H24N2O. The molecule has 2 N–H and O–H groups in total. The molecule has 0 saturated carbocycles. The molecule has 3 nitrogen and oxygen atoms in total. The van der Waals surface area contributed by atoms with Gasteiger partial charge in [-0.1, -0.05) is 60.7 Å². The molecule has 0 spiro atoms. The number of amides is 1. The van der Waals surface area contributed by atoms with Crippen molar-refractivity contribution >= 4 is 5.91 Å². The van der Waals surface area contributed by atoms with E-state index >= 15 is 0 Å². The van der Waals surface area contributed by atoms with Gasteiger partial charge in [-0.3, -0.25) is 4.79 Å². The predicted molar refractivity (Wildman–Crippen MR) is 93.1 cm³/mol. The lowest BCUT2D eigenvalue weighted by Gasteiger charge is -2.33. The number of carbonyl (C=O) groups is 1. The van der Waals surface area contributed by atoms with Gasteiger partial charge in [0, 0.05) is 0 Å². The van der Waals surface area contributed by atoms with Crippen molar-refractivity contribution in [1.82, 2.24) is 10.6 Å². The fourth-order valence-electron chi connectivity index (χ4n) is 3.30. The van der Waals surface area contributed by atoms with E-state index in [2.05, 4.69) is 41.8 Å². The average molecular weight is 308 g/mol. The van der Waals surface area contributed by atoms with Crippen molar-refractivity contribution in [3.8, 4) is 0 Å². The van der Waals surface area contributed by atoms with Crippen LogP contribution in [0, 0.1) is 0 Å². The average Bonchev–Trinajstić information content (AvgIpc) is 3.11. The van der Waals surface area contributed by atoms with Crippen LogP contribution < -0.4 is 10.6 Å². The lowest BCUT2D eigenvalue weighted by molar-refractivity contribution is -0.124. The van der Waals surface area contributed by atoms with Crippen molar-refractivity contribution in [2.45, 2.75) is 37.8 Å². The minimum absolute atomic E-state index is 0.0613. The molecule has 2 aromatic carbocycles. The molecule has 1 aliphatic heterocycles. The van der Waals surface area contributed by atoms with Gasteiger partial charge in [-0.25, -0.2) is 0 Å². The summed E-state index contributed by atoms with van der Waals surface area (Å²) >= 11 is 0. The van der Waals surface area contributed by atoms with Crippen LogP contribution in [0.25, 0.3) is 0 Å². The van der Waals surface area contributed by atoms with Gasteiger partial charge in [-0.15, -0.1) is 0 Å². The quantitative estimate of drug-likeness (QED) is 0.891. The number of nitrogens with one attached hydrogen (secondary N) is 2. The summed E-state index contributed by atoms with van der Waals surface area (Å²) in [6.45, 7) is 3.04. The fourth-order valence-corrected chi connectivity index (χ4v) is 3.30. The maximum Gasteiger partial charge on any atom is 0.237 e. The van der Waals surface area contributed by atoms with Gasteiger partial charge in [0.1, 0.15) is 0 Å². The summed E-state index contributed by atoms with van der Waals surface area (Å²) in [6.07, 6.45) is 2.76. The highest BCUT2D eigenvalue weighted by atomic mass is 16.2. The number of carbonyl (C=O) groups excluding carboxylic acids is 1. The van der Waals surface area contributed by atoms with E-state index in [9.17, 15) is 4.79 Å². The molecule has 1 amide bonds. The van der Waals surface area contributed by atoms with E-state index in [1.165, 1.54) is 5.56 Å². The van der Waals surface area contributed by atoms with Crippen molar-refractivity contribution in [3.63, 3.8) is 0 Å². The van der Waals surface area contributed by atoms with Crippen molar-refractivity contribution in [2.24, 2.45) is 0 Å². The highest BCUT2D eigenvalue weighted by Crippen LogP contribution is 2.26. The molecule has 0 bridgehead atoms. The van der Waals surface area contributed by atoms with Crippen LogP contribution >= 0.6 is 0 Å². The fraction of sp³-hybridized carbons (Fsp3) is 0.350. The third-order valence-electron chi connectivity index (χ3n) is 4.59. The summed E-state index contributed by atoms with van der Waals surface area (Å²) in [5, 5.41) is 6.58. The lowest BCUT2D eigenvalue weighted by Crippen LogP contribution is -2.51. The van der Waals surface area contributed by atoms with E-state index in [-0.39, 0.29) is 11.9 Å². The van der Waals surface area contributed by atoms with Gasteiger partial charge in [0.2, 0.25) is 5.91 Å². The Bertz CT molecular complexity index is 635. The van der Waals surface area contributed by atoms with Crippen molar-refractivity contribution in [2.75, 3.05) is 6.54 Å². The van der Waals surface area contributed by atoms with E-state index in [1.54, 1.807) is 0 Å². The summed E-state index contributed by atoms with van der Waals surface area (Å²) in [7, 11) is 0. The van der Waals surface area contributed by atoms with Gasteiger partial charge >= 0.3 is 0 Å². The van der Waals surface area contributed by atoms with Crippen molar-refractivity contribution < 1.29 is 4.79 Å². The number of rotatable bonds is 5. The third-order valence-corrected chi connectivity index (χ3v) is 4.59. The first-order valence-corrected chi connectivity index (χ1v) is 8.32. The van der Waals surface area contributed by atoms with Crippen LogP contribution in [0.5, 0.6) is 0 Å². The summed E-state index contributed by atoms with van der Waals surface area (Å²) in [5.74, 6) is 0.102. The van der Waals surface area contributed by atoms with E-state index in [0.29, 0.717) is 0 Å². The molecule has 1 saturated heterocycles. The Hall–Kier alpha value is -2.13. The SMILES string of the molecule is C[C@@](Cc1ccccc1)(NC(=O)[C@@H]1CCCN1)c1ccccc1. The zero-order valence-corrected chi connectivity index (χ0v) is 13.6. The van der Waals surface area contributed by atoms with Crippen LogP contribution in [-0.4, -0.2) is 18.5 Å². The Balaban J connectivity index is 1.85. The Labute approximate surface area is 138 Å². The maximum absolute atomic E-state index is 12.7. The molecule has 1 aliphatic rings. The van der Waals surface area contributed by atoms with Crippen LogP contribution in [0.2, 0.25) is 0 Å². The molecule has 1 heterocycles. The highest BCUT2D eigenvalue weighted by Gasteiger charge is 2.32. The van der Waals surface area contributed by atoms with E-state index in [4.69, 9.17) is 0 Å². The van der Waals surface area contributed by atoms with Crippen LogP contribution in [0.4, 0.5) is 0 Å². The molecule has 3 heteroatoms. The van der Waals surface area contributed by atoms with E-state index < -0.39 is 5.54 Å². The van der Waals surface area contributed by atoms with Gasteiger partial charge in [-0.05, 0) is 43.9 Å². The van der Waals surface area contributed by atoms with Gasteiger partial charge in [0.25, 0.3) is 0 Å². The predicted octanol–water partition coefficient (Wildman–Crippen LogP) is 3.01. The summed E-state index contributed by atoms with van der Waals surface area (Å²) in [4.78, 5) is 12.7. The standard InChI is InChI=1S/C20H24N2O/c1-20(17-11-6-3-7-12-17,15-16-9-4-2-5-10-16)22-19(23)18-13-8-14-21-18/h2-7,9-12,18,21H,8,13-15H2,1H3,(H,22,23)/t18-,20-/m0/s1. The Morgan fingerprint density at radius 3 is 2.39 bits per heavy atom. The molecule has 1 fully saturated rings. The first kappa shape index (κ1) is 15.8. The second-order valence-electron chi connectivity index (χ2n) is 6.50.